The van der Waals surface area contributed by atoms with E-state index in [2.05, 4.69) is 27.4 Å². The molecule has 1 aliphatic carbocycles. The zero-order valence-corrected chi connectivity index (χ0v) is 15.4. The molecule has 1 saturated heterocycles. The van der Waals surface area contributed by atoms with Crippen LogP contribution in [-0.2, 0) is 9.84 Å². The summed E-state index contributed by atoms with van der Waals surface area (Å²) in [6.45, 7) is 6.44. The summed E-state index contributed by atoms with van der Waals surface area (Å²) in [4.78, 5) is 6.92. The van der Waals surface area contributed by atoms with Crippen molar-refractivity contribution in [3.8, 4) is 0 Å². The molecule has 0 aromatic rings. The molecule has 0 bridgehead atoms. The van der Waals surface area contributed by atoms with Gasteiger partial charge in [0, 0.05) is 45.0 Å². The summed E-state index contributed by atoms with van der Waals surface area (Å²) in [5, 5.41) is 6.86. The van der Waals surface area contributed by atoms with Gasteiger partial charge < -0.3 is 15.5 Å². The van der Waals surface area contributed by atoms with Crippen molar-refractivity contribution in [2.45, 2.75) is 45.1 Å². The van der Waals surface area contributed by atoms with Gasteiger partial charge in [0.15, 0.2) is 5.96 Å². The lowest BCUT2D eigenvalue weighted by Gasteiger charge is -2.32. The van der Waals surface area contributed by atoms with Gasteiger partial charge in [-0.2, -0.15) is 0 Å². The summed E-state index contributed by atoms with van der Waals surface area (Å²) >= 11 is 0. The minimum absolute atomic E-state index is 0.260. The van der Waals surface area contributed by atoms with E-state index in [4.69, 9.17) is 0 Å². The first-order valence-electron chi connectivity index (χ1n) is 8.91. The van der Waals surface area contributed by atoms with Crippen LogP contribution in [0.5, 0.6) is 0 Å². The van der Waals surface area contributed by atoms with Crippen molar-refractivity contribution >= 4 is 15.8 Å². The number of piperidine rings is 1. The van der Waals surface area contributed by atoms with Gasteiger partial charge in [-0.05, 0) is 32.1 Å². The topological polar surface area (TPSA) is 73.8 Å². The molecule has 6 nitrogen and oxygen atoms in total. The number of nitrogens with zero attached hydrogens (tertiary/aromatic N) is 2. The molecule has 7 heteroatoms. The molecule has 2 N–H and O–H groups in total. The highest BCUT2D eigenvalue weighted by molar-refractivity contribution is 7.90. The van der Waals surface area contributed by atoms with Gasteiger partial charge in [0.1, 0.15) is 9.84 Å². The van der Waals surface area contributed by atoms with Crippen molar-refractivity contribution in [2.75, 3.05) is 44.7 Å². The van der Waals surface area contributed by atoms with E-state index in [-0.39, 0.29) is 5.75 Å². The number of hydrogen-bond acceptors (Lipinski definition) is 4. The smallest absolute Gasteiger partial charge is 0.191 e. The average molecular weight is 345 g/mol. The lowest BCUT2D eigenvalue weighted by Crippen LogP contribution is -2.49. The van der Waals surface area contributed by atoms with Crippen LogP contribution in [0, 0.1) is 5.92 Å². The number of likely N-dealkylation sites (tertiary alicyclic amines) is 1. The largest absolute Gasteiger partial charge is 0.357 e. The van der Waals surface area contributed by atoms with Crippen molar-refractivity contribution < 1.29 is 8.42 Å². The van der Waals surface area contributed by atoms with Crippen LogP contribution in [0.1, 0.15) is 39.0 Å². The van der Waals surface area contributed by atoms with Gasteiger partial charge in [-0.25, -0.2) is 8.42 Å². The maximum absolute atomic E-state index is 11.2. The van der Waals surface area contributed by atoms with E-state index in [1.54, 1.807) is 0 Å². The molecule has 23 heavy (non-hydrogen) atoms. The second-order valence-corrected chi connectivity index (χ2v) is 9.14. The summed E-state index contributed by atoms with van der Waals surface area (Å²) in [7, 11) is -2.86. The SMILES string of the molecule is CCNC(=NCCC1CC1)NC1CCN(CCS(C)(=O)=O)CC1. The second-order valence-electron chi connectivity index (χ2n) is 6.88. The fourth-order valence-corrected chi connectivity index (χ4v) is 3.46. The molecule has 0 amide bonds. The zero-order chi connectivity index (χ0) is 16.7. The number of aliphatic imine (C=N–C) groups is 1. The third-order valence-electron chi connectivity index (χ3n) is 4.56. The molecular formula is C16H32N4O2S. The van der Waals surface area contributed by atoms with Gasteiger partial charge in [0.25, 0.3) is 0 Å². The Morgan fingerprint density at radius 2 is 1.91 bits per heavy atom. The van der Waals surface area contributed by atoms with E-state index in [1.807, 2.05) is 0 Å². The minimum Gasteiger partial charge on any atom is -0.357 e. The van der Waals surface area contributed by atoms with Crippen molar-refractivity contribution in [3.63, 3.8) is 0 Å². The number of nitrogens with one attached hydrogen (secondary N) is 2. The van der Waals surface area contributed by atoms with Crippen LogP contribution in [0.3, 0.4) is 0 Å². The van der Waals surface area contributed by atoms with Gasteiger partial charge >= 0.3 is 0 Å². The van der Waals surface area contributed by atoms with Crippen LogP contribution >= 0.6 is 0 Å². The Morgan fingerprint density at radius 1 is 1.22 bits per heavy atom. The number of guanidine groups is 1. The van der Waals surface area contributed by atoms with Gasteiger partial charge in [-0.15, -0.1) is 0 Å². The average Bonchev–Trinajstić information content (AvgIpc) is 3.30. The fourth-order valence-electron chi connectivity index (χ4n) is 2.87. The van der Waals surface area contributed by atoms with Gasteiger partial charge in [-0.1, -0.05) is 12.8 Å². The summed E-state index contributed by atoms with van der Waals surface area (Å²) in [5.74, 6) is 2.11. The van der Waals surface area contributed by atoms with Crippen LogP contribution < -0.4 is 10.6 Å². The quantitative estimate of drug-likeness (QED) is 0.504. The Bertz CT molecular complexity index is 480. The molecule has 0 aromatic heterocycles. The molecule has 1 aliphatic heterocycles. The van der Waals surface area contributed by atoms with Crippen LogP contribution in [-0.4, -0.2) is 70.1 Å². The van der Waals surface area contributed by atoms with E-state index < -0.39 is 9.84 Å². The van der Waals surface area contributed by atoms with E-state index in [1.165, 1.54) is 25.5 Å². The Morgan fingerprint density at radius 3 is 2.48 bits per heavy atom. The zero-order valence-electron chi connectivity index (χ0n) is 14.6. The van der Waals surface area contributed by atoms with Crippen LogP contribution in [0.15, 0.2) is 4.99 Å². The molecule has 0 spiro atoms. The fraction of sp³-hybridized carbons (Fsp3) is 0.938. The number of rotatable bonds is 8. The highest BCUT2D eigenvalue weighted by atomic mass is 32.2. The van der Waals surface area contributed by atoms with Gasteiger partial charge in [-0.3, -0.25) is 4.99 Å². The molecule has 2 aliphatic rings. The first kappa shape index (κ1) is 18.5. The van der Waals surface area contributed by atoms with Crippen molar-refractivity contribution in [1.82, 2.24) is 15.5 Å². The van der Waals surface area contributed by atoms with Crippen LogP contribution in [0.25, 0.3) is 0 Å². The van der Waals surface area contributed by atoms with E-state index in [9.17, 15) is 8.42 Å². The molecule has 2 rings (SSSR count). The lowest BCUT2D eigenvalue weighted by atomic mass is 10.1. The Balaban J connectivity index is 1.69. The highest BCUT2D eigenvalue weighted by Gasteiger charge is 2.22. The number of hydrogen-bond donors (Lipinski definition) is 2. The van der Waals surface area contributed by atoms with Crippen molar-refractivity contribution in [3.05, 3.63) is 0 Å². The molecule has 1 heterocycles. The molecule has 134 valence electrons. The monoisotopic (exact) mass is 344 g/mol. The minimum atomic E-state index is -2.86. The maximum atomic E-state index is 11.2. The summed E-state index contributed by atoms with van der Waals surface area (Å²) < 4.78 is 22.5. The van der Waals surface area contributed by atoms with Gasteiger partial charge in [0.2, 0.25) is 0 Å². The second kappa shape index (κ2) is 8.87. The van der Waals surface area contributed by atoms with Crippen LogP contribution in [0.4, 0.5) is 0 Å². The predicted molar refractivity (Wildman–Crippen MR) is 95.6 cm³/mol. The highest BCUT2D eigenvalue weighted by Crippen LogP contribution is 2.32. The number of sulfone groups is 1. The molecule has 1 saturated carbocycles. The molecule has 2 fully saturated rings. The molecule has 0 atom stereocenters. The molecule has 0 aromatic carbocycles. The summed E-state index contributed by atoms with van der Waals surface area (Å²) in [6, 6.07) is 0.434. The third-order valence-corrected chi connectivity index (χ3v) is 5.48. The molecule has 0 radical (unpaired) electrons. The van der Waals surface area contributed by atoms with E-state index >= 15 is 0 Å². The lowest BCUT2D eigenvalue weighted by molar-refractivity contribution is 0.216. The Hall–Kier alpha value is -0.820. The van der Waals surface area contributed by atoms with Crippen molar-refractivity contribution in [1.29, 1.82) is 0 Å². The summed E-state index contributed by atoms with van der Waals surface area (Å²) in [6.07, 6.45) is 7.35. The van der Waals surface area contributed by atoms with Gasteiger partial charge in [0.05, 0.1) is 5.75 Å². The summed E-state index contributed by atoms with van der Waals surface area (Å²) in [5.41, 5.74) is 0. The standard InChI is InChI=1S/C16H32N4O2S/c1-3-17-16(18-9-6-14-4-5-14)19-15-7-10-20(11-8-15)12-13-23(2,21)22/h14-15H,3-13H2,1-2H3,(H2,17,18,19). The Labute approximate surface area is 141 Å². The Kier molecular flexibility index (Phi) is 7.14. The maximum Gasteiger partial charge on any atom is 0.191 e. The predicted octanol–water partition coefficient (Wildman–Crippen LogP) is 0.851. The molecular weight excluding hydrogens is 312 g/mol. The first-order chi connectivity index (χ1) is 11.0. The van der Waals surface area contributed by atoms with E-state index in [0.717, 1.165) is 50.9 Å². The first-order valence-corrected chi connectivity index (χ1v) is 11.0. The van der Waals surface area contributed by atoms with Crippen molar-refractivity contribution in [2.24, 2.45) is 10.9 Å². The van der Waals surface area contributed by atoms with Crippen LogP contribution in [0.2, 0.25) is 0 Å². The molecule has 0 unspecified atom stereocenters. The van der Waals surface area contributed by atoms with E-state index in [0.29, 0.717) is 12.6 Å². The normalized spacial score (nSPS) is 21.4. The third kappa shape index (κ3) is 8.01.